The second-order valence-electron chi connectivity index (χ2n) is 5.40. The summed E-state index contributed by atoms with van der Waals surface area (Å²) in [6, 6.07) is 5.66. The number of nitrogens with zero attached hydrogens (tertiary/aromatic N) is 3. The Morgan fingerprint density at radius 1 is 1.17 bits per heavy atom. The maximum atomic E-state index is 11.6. The number of hydrogen-bond acceptors (Lipinski definition) is 5. The van der Waals surface area contributed by atoms with Crippen molar-refractivity contribution in [1.82, 2.24) is 4.90 Å². The molecule has 1 saturated heterocycles. The van der Waals surface area contributed by atoms with E-state index >= 15 is 0 Å². The zero-order valence-corrected chi connectivity index (χ0v) is 14.1. The fourth-order valence-corrected chi connectivity index (χ4v) is 2.98. The summed E-state index contributed by atoms with van der Waals surface area (Å²) in [6.45, 7) is 3.66. The molecule has 2 aliphatic rings. The van der Waals surface area contributed by atoms with E-state index in [-0.39, 0.29) is 11.7 Å². The number of benzene rings is 1. The van der Waals surface area contributed by atoms with Gasteiger partial charge in [0, 0.05) is 38.8 Å². The Hall–Kier alpha value is -1.56. The molecule has 3 rings (SSSR count). The van der Waals surface area contributed by atoms with E-state index < -0.39 is 0 Å². The molecular formula is C16H17Cl2N3O2. The molecule has 0 aromatic heterocycles. The van der Waals surface area contributed by atoms with Gasteiger partial charge in [-0.25, -0.2) is 4.99 Å². The lowest BCUT2D eigenvalue weighted by Gasteiger charge is -2.36. The van der Waals surface area contributed by atoms with E-state index in [1.165, 1.54) is 0 Å². The summed E-state index contributed by atoms with van der Waals surface area (Å²) in [5.74, 6) is 0.129. The molecule has 7 heteroatoms. The third kappa shape index (κ3) is 3.86. The molecule has 0 saturated carbocycles. The van der Waals surface area contributed by atoms with E-state index in [2.05, 4.69) is 14.8 Å². The van der Waals surface area contributed by atoms with Gasteiger partial charge in [-0.3, -0.25) is 9.69 Å². The number of carbonyl (C=O) groups is 1. The van der Waals surface area contributed by atoms with Gasteiger partial charge < -0.3 is 9.64 Å². The van der Waals surface area contributed by atoms with Gasteiger partial charge in [-0.15, -0.1) is 0 Å². The average molecular weight is 354 g/mol. The lowest BCUT2D eigenvalue weighted by molar-refractivity contribution is -0.114. The van der Waals surface area contributed by atoms with Crippen molar-refractivity contribution < 1.29 is 9.53 Å². The Kier molecular flexibility index (Phi) is 5.20. The second kappa shape index (κ2) is 7.34. The molecule has 0 radical (unpaired) electrons. The van der Waals surface area contributed by atoms with Crippen LogP contribution in [0.2, 0.25) is 10.0 Å². The van der Waals surface area contributed by atoms with Gasteiger partial charge in [-0.2, -0.15) is 0 Å². The van der Waals surface area contributed by atoms with E-state index in [4.69, 9.17) is 27.9 Å². The van der Waals surface area contributed by atoms with Gasteiger partial charge in [0.05, 0.1) is 15.7 Å². The largest absolute Gasteiger partial charge is 0.459 e. The van der Waals surface area contributed by atoms with E-state index in [0.29, 0.717) is 23.2 Å². The summed E-state index contributed by atoms with van der Waals surface area (Å²) in [7, 11) is 0. The summed E-state index contributed by atoms with van der Waals surface area (Å²) >= 11 is 12.3. The molecule has 0 amide bonds. The molecule has 2 heterocycles. The maximum Gasteiger partial charge on any atom is 0.259 e. The molecule has 0 N–H and O–H groups in total. The van der Waals surface area contributed by atoms with Crippen LogP contribution in [0.1, 0.15) is 6.42 Å². The van der Waals surface area contributed by atoms with Crippen molar-refractivity contribution in [2.45, 2.75) is 6.42 Å². The van der Waals surface area contributed by atoms with Gasteiger partial charge in [0.15, 0.2) is 0 Å². The number of aliphatic imine (C=N–C) groups is 1. The van der Waals surface area contributed by atoms with Gasteiger partial charge in [0.2, 0.25) is 5.78 Å². The van der Waals surface area contributed by atoms with Crippen LogP contribution < -0.4 is 4.90 Å². The summed E-state index contributed by atoms with van der Waals surface area (Å²) in [6.07, 6.45) is 3.69. The topological polar surface area (TPSA) is 45.1 Å². The smallest absolute Gasteiger partial charge is 0.259 e. The molecule has 1 fully saturated rings. The zero-order valence-electron chi connectivity index (χ0n) is 12.5. The molecule has 0 atom stereocenters. The summed E-state index contributed by atoms with van der Waals surface area (Å²) in [4.78, 5) is 19.9. The van der Waals surface area contributed by atoms with Crippen molar-refractivity contribution in [1.29, 1.82) is 0 Å². The number of Topliss-reactive ketones (excluding diaryl/α,β-unsaturated/α-hetero) is 1. The summed E-state index contributed by atoms with van der Waals surface area (Å²) < 4.78 is 5.53. The Morgan fingerprint density at radius 2 is 1.96 bits per heavy atom. The first-order valence-electron chi connectivity index (χ1n) is 7.45. The van der Waals surface area contributed by atoms with Crippen LogP contribution in [-0.4, -0.2) is 49.5 Å². The number of hydrogen-bond donors (Lipinski definition) is 0. The fourth-order valence-electron chi connectivity index (χ4n) is 2.56. The number of rotatable bonds is 3. The highest BCUT2D eigenvalue weighted by Crippen LogP contribution is 2.32. The van der Waals surface area contributed by atoms with Gasteiger partial charge in [0.1, 0.15) is 6.73 Å². The lowest BCUT2D eigenvalue weighted by Crippen LogP contribution is -2.47. The van der Waals surface area contributed by atoms with Gasteiger partial charge in [0.25, 0.3) is 5.90 Å². The van der Waals surface area contributed by atoms with Crippen LogP contribution in [0, 0.1) is 0 Å². The Balaban J connectivity index is 1.52. The van der Waals surface area contributed by atoms with Crippen molar-refractivity contribution in [3.63, 3.8) is 0 Å². The summed E-state index contributed by atoms with van der Waals surface area (Å²) in [5.41, 5.74) is 0.955. The molecular weight excluding hydrogens is 337 g/mol. The van der Waals surface area contributed by atoms with Crippen LogP contribution in [0.4, 0.5) is 5.69 Å². The van der Waals surface area contributed by atoms with Crippen LogP contribution in [0.3, 0.4) is 0 Å². The molecule has 2 aliphatic heterocycles. The lowest BCUT2D eigenvalue weighted by atomic mass is 10.2. The number of anilines is 1. The first kappa shape index (κ1) is 16.3. The highest BCUT2D eigenvalue weighted by Gasteiger charge is 2.21. The van der Waals surface area contributed by atoms with Crippen molar-refractivity contribution in [3.05, 3.63) is 40.5 Å². The highest BCUT2D eigenvalue weighted by atomic mass is 35.5. The predicted octanol–water partition coefficient (Wildman–Crippen LogP) is 2.97. The number of halogens is 2. The molecule has 0 bridgehead atoms. The average Bonchev–Trinajstić information content (AvgIpc) is 2.57. The maximum absolute atomic E-state index is 11.6. The number of ether oxygens (including phenoxy) is 1. The number of carbonyl (C=O) groups excluding carboxylic acids is 1. The zero-order chi connectivity index (χ0) is 16.2. The second-order valence-corrected chi connectivity index (χ2v) is 6.18. The Bertz CT molecular complexity index is 653. The van der Waals surface area contributed by atoms with Crippen molar-refractivity contribution in [3.8, 4) is 0 Å². The van der Waals surface area contributed by atoms with Crippen molar-refractivity contribution >= 4 is 40.6 Å². The standard InChI is InChI=1S/C16H17Cl2N3O2/c17-12-3-1-4-13(15(12)18)21-9-7-20(8-10-21)11-23-16-14(22)5-2-6-19-16/h1-4,6H,5,7-11H2. The normalized spacial score (nSPS) is 19.0. The molecule has 122 valence electrons. The molecule has 0 unspecified atom stereocenters. The molecule has 1 aromatic carbocycles. The monoisotopic (exact) mass is 353 g/mol. The quantitative estimate of drug-likeness (QED) is 0.837. The minimum atomic E-state index is -0.0724. The number of ketones is 1. The van der Waals surface area contributed by atoms with Crippen LogP contribution in [0.15, 0.2) is 35.5 Å². The van der Waals surface area contributed by atoms with Gasteiger partial charge in [-0.05, 0) is 12.1 Å². The Morgan fingerprint density at radius 3 is 2.70 bits per heavy atom. The van der Waals surface area contributed by atoms with Crippen LogP contribution in [0.25, 0.3) is 0 Å². The predicted molar refractivity (Wildman–Crippen MR) is 92.4 cm³/mol. The van der Waals surface area contributed by atoms with Gasteiger partial charge in [-0.1, -0.05) is 35.3 Å². The van der Waals surface area contributed by atoms with E-state index in [0.717, 1.165) is 31.9 Å². The molecule has 0 spiro atoms. The first-order chi connectivity index (χ1) is 11.1. The van der Waals surface area contributed by atoms with E-state index in [1.807, 2.05) is 12.1 Å². The molecule has 1 aromatic rings. The number of piperazine rings is 1. The molecule has 5 nitrogen and oxygen atoms in total. The highest BCUT2D eigenvalue weighted by molar-refractivity contribution is 6.43. The first-order valence-corrected chi connectivity index (χ1v) is 8.21. The Labute approximate surface area is 145 Å². The van der Waals surface area contributed by atoms with Crippen molar-refractivity contribution in [2.75, 3.05) is 37.8 Å². The van der Waals surface area contributed by atoms with E-state index in [1.54, 1.807) is 18.3 Å². The van der Waals surface area contributed by atoms with Crippen LogP contribution >= 0.6 is 23.2 Å². The fraction of sp³-hybridized carbons (Fsp3) is 0.375. The van der Waals surface area contributed by atoms with Crippen molar-refractivity contribution in [2.24, 2.45) is 4.99 Å². The van der Waals surface area contributed by atoms with Crippen LogP contribution in [-0.2, 0) is 9.53 Å². The van der Waals surface area contributed by atoms with Gasteiger partial charge >= 0.3 is 0 Å². The SMILES string of the molecule is O=C1CC=CN=C1OCN1CCN(c2cccc(Cl)c2Cl)CC1. The molecule has 0 aliphatic carbocycles. The minimum Gasteiger partial charge on any atom is -0.459 e. The molecule has 23 heavy (non-hydrogen) atoms. The summed E-state index contributed by atoms with van der Waals surface area (Å²) in [5, 5.41) is 1.16. The minimum absolute atomic E-state index is 0.0724. The number of allylic oxidation sites excluding steroid dienone is 1. The third-order valence-corrected chi connectivity index (χ3v) is 4.68. The van der Waals surface area contributed by atoms with E-state index in [9.17, 15) is 4.79 Å². The van der Waals surface area contributed by atoms with Crippen LogP contribution in [0.5, 0.6) is 0 Å². The third-order valence-electron chi connectivity index (χ3n) is 3.87.